The molecular formula is C28H30N6O3S. The molecule has 0 bridgehead atoms. The Morgan fingerprint density at radius 1 is 1.08 bits per heavy atom. The van der Waals surface area contributed by atoms with Gasteiger partial charge in [0, 0.05) is 30.1 Å². The van der Waals surface area contributed by atoms with Crippen LogP contribution in [0.25, 0.3) is 22.4 Å². The van der Waals surface area contributed by atoms with Gasteiger partial charge < -0.3 is 20.2 Å². The normalized spacial score (nSPS) is 16.5. The first-order valence-electron chi connectivity index (χ1n) is 13.1. The van der Waals surface area contributed by atoms with Crippen LogP contribution in [-0.2, 0) is 6.42 Å². The highest BCUT2D eigenvalue weighted by Gasteiger charge is 2.36. The number of hydrogen-bond acceptors (Lipinski definition) is 7. The first-order valence-corrected chi connectivity index (χ1v) is 14.0. The Morgan fingerprint density at radius 3 is 2.63 bits per heavy atom. The van der Waals surface area contributed by atoms with Gasteiger partial charge in [0.15, 0.2) is 0 Å². The monoisotopic (exact) mass is 530 g/mol. The zero-order valence-electron chi connectivity index (χ0n) is 21.3. The number of nitrogens with zero attached hydrogens (tertiary/aromatic N) is 3. The molecule has 6 rings (SSSR count). The zero-order valence-corrected chi connectivity index (χ0v) is 22.1. The Morgan fingerprint density at radius 2 is 1.87 bits per heavy atom. The maximum Gasteiger partial charge on any atom is 0.261 e. The molecule has 2 aliphatic rings. The van der Waals surface area contributed by atoms with Crippen molar-refractivity contribution in [3.8, 4) is 11.4 Å². The van der Waals surface area contributed by atoms with E-state index in [4.69, 9.17) is 0 Å². The number of anilines is 1. The molecular weight excluding hydrogens is 500 g/mol. The van der Waals surface area contributed by atoms with Crippen LogP contribution in [0.2, 0.25) is 0 Å². The molecule has 5 heterocycles. The van der Waals surface area contributed by atoms with Crippen LogP contribution in [-0.4, -0.2) is 68.8 Å². The largest absolute Gasteiger partial charge is 0.381 e. The van der Waals surface area contributed by atoms with E-state index in [1.165, 1.54) is 22.6 Å². The number of H-pyrrole nitrogens is 2. The van der Waals surface area contributed by atoms with E-state index in [1.54, 1.807) is 29.7 Å². The summed E-state index contributed by atoms with van der Waals surface area (Å²) in [6.07, 6.45) is 5.64. The van der Waals surface area contributed by atoms with Crippen LogP contribution in [0.5, 0.6) is 0 Å². The Balaban J connectivity index is 1.24. The summed E-state index contributed by atoms with van der Waals surface area (Å²) in [6.45, 7) is 5.56. The zero-order chi connectivity index (χ0) is 26.2. The number of nitrogens with one attached hydrogen (secondary N) is 3. The molecule has 2 amide bonds. The Kier molecular flexibility index (Phi) is 6.59. The molecule has 9 nitrogen and oxygen atoms in total. The third kappa shape index (κ3) is 4.65. The Labute approximate surface area is 223 Å². The van der Waals surface area contributed by atoms with Crippen molar-refractivity contribution in [3.63, 3.8) is 0 Å². The second kappa shape index (κ2) is 10.2. The van der Waals surface area contributed by atoms with Crippen LogP contribution >= 0.6 is 11.3 Å². The van der Waals surface area contributed by atoms with Crippen molar-refractivity contribution in [3.05, 3.63) is 68.3 Å². The third-order valence-corrected chi connectivity index (χ3v) is 8.21. The minimum absolute atomic E-state index is 0.0917. The molecule has 196 valence electrons. The van der Waals surface area contributed by atoms with Gasteiger partial charge in [0.25, 0.3) is 17.4 Å². The quantitative estimate of drug-likeness (QED) is 0.281. The van der Waals surface area contributed by atoms with Crippen molar-refractivity contribution < 1.29 is 9.59 Å². The van der Waals surface area contributed by atoms with E-state index >= 15 is 0 Å². The predicted molar refractivity (Wildman–Crippen MR) is 149 cm³/mol. The molecule has 0 spiro atoms. The van der Waals surface area contributed by atoms with Gasteiger partial charge in [-0.1, -0.05) is 6.07 Å². The molecule has 38 heavy (non-hydrogen) atoms. The SMILES string of the molecule is CC(Cc1cccs1)Nc1cc[nH]c(=O)c1-c1nc2cc3c(cc2[nH]1)C(=O)N(CCCN1CCCC1)C3=O. The summed E-state index contributed by atoms with van der Waals surface area (Å²) in [5.41, 5.74) is 2.68. The summed E-state index contributed by atoms with van der Waals surface area (Å²) < 4.78 is 0. The summed E-state index contributed by atoms with van der Waals surface area (Å²) in [5, 5.41) is 5.50. The number of aromatic nitrogens is 3. The van der Waals surface area contributed by atoms with E-state index in [-0.39, 0.29) is 23.4 Å². The molecule has 1 unspecified atom stereocenters. The third-order valence-electron chi connectivity index (χ3n) is 7.31. The second-order valence-corrected chi connectivity index (χ2v) is 11.1. The van der Waals surface area contributed by atoms with Gasteiger partial charge in [-0.2, -0.15) is 0 Å². The van der Waals surface area contributed by atoms with E-state index < -0.39 is 0 Å². The van der Waals surface area contributed by atoms with Gasteiger partial charge in [-0.05, 0) is 75.5 Å². The maximum atomic E-state index is 13.1. The summed E-state index contributed by atoms with van der Waals surface area (Å²) in [5.74, 6) is -0.161. The van der Waals surface area contributed by atoms with Gasteiger partial charge in [0.2, 0.25) is 0 Å². The number of benzene rings is 1. The minimum atomic E-state index is -0.278. The number of aromatic amines is 2. The Hall–Kier alpha value is -3.76. The molecule has 3 aromatic heterocycles. The van der Waals surface area contributed by atoms with E-state index in [9.17, 15) is 14.4 Å². The number of imide groups is 1. The number of fused-ring (bicyclic) bond motifs is 2. The number of rotatable bonds is 9. The molecule has 2 aliphatic heterocycles. The molecule has 0 saturated carbocycles. The number of carbonyl (C=O) groups excluding carboxylic acids is 2. The van der Waals surface area contributed by atoms with Crippen molar-refractivity contribution in [1.29, 1.82) is 0 Å². The van der Waals surface area contributed by atoms with Crippen LogP contribution in [0.15, 0.2) is 46.7 Å². The second-order valence-electron chi connectivity index (χ2n) is 10.1. The van der Waals surface area contributed by atoms with Crippen LogP contribution in [0, 0.1) is 0 Å². The highest BCUT2D eigenvalue weighted by atomic mass is 32.1. The standard InChI is InChI=1S/C28H30N6O3S/c1-17(14-18-6-4-13-38-18)30-21-7-8-29-26(35)24(21)25-31-22-15-19-20(16-23(22)32-25)28(37)34(27(19)36)12-5-11-33-9-2-3-10-33/h4,6-8,13,15-17H,2-3,5,9-12,14H2,1H3,(H,31,32)(H2,29,30,35). The van der Waals surface area contributed by atoms with Gasteiger partial charge >= 0.3 is 0 Å². The molecule has 1 saturated heterocycles. The van der Waals surface area contributed by atoms with Crippen molar-refractivity contribution in [2.75, 3.05) is 31.5 Å². The number of pyridine rings is 1. The highest BCUT2D eigenvalue weighted by Crippen LogP contribution is 2.30. The summed E-state index contributed by atoms with van der Waals surface area (Å²) in [4.78, 5) is 54.7. The average molecular weight is 531 g/mol. The first-order chi connectivity index (χ1) is 18.5. The lowest BCUT2D eigenvalue weighted by atomic mass is 10.1. The molecule has 1 atom stereocenters. The lowest BCUT2D eigenvalue weighted by Gasteiger charge is -2.17. The number of carbonyl (C=O) groups is 2. The van der Waals surface area contributed by atoms with Gasteiger partial charge in [-0.3, -0.25) is 19.3 Å². The molecule has 4 aromatic rings. The predicted octanol–water partition coefficient (Wildman–Crippen LogP) is 4.10. The Bertz CT molecular complexity index is 1500. The molecule has 0 radical (unpaired) electrons. The smallest absolute Gasteiger partial charge is 0.261 e. The molecule has 1 fully saturated rings. The van der Waals surface area contributed by atoms with Gasteiger partial charge in [-0.15, -0.1) is 11.3 Å². The van der Waals surface area contributed by atoms with Gasteiger partial charge in [0.05, 0.1) is 27.8 Å². The lowest BCUT2D eigenvalue weighted by Crippen LogP contribution is -2.33. The van der Waals surface area contributed by atoms with Crippen LogP contribution in [0.1, 0.15) is 51.8 Å². The molecule has 1 aromatic carbocycles. The van der Waals surface area contributed by atoms with Crippen molar-refractivity contribution in [2.24, 2.45) is 0 Å². The topological polar surface area (TPSA) is 114 Å². The fraction of sp³-hybridized carbons (Fsp3) is 0.357. The van der Waals surface area contributed by atoms with E-state index in [0.29, 0.717) is 45.8 Å². The minimum Gasteiger partial charge on any atom is -0.381 e. The summed E-state index contributed by atoms with van der Waals surface area (Å²) in [6, 6.07) is 9.38. The van der Waals surface area contributed by atoms with Crippen LogP contribution in [0.3, 0.4) is 0 Å². The molecule has 10 heteroatoms. The highest BCUT2D eigenvalue weighted by molar-refractivity contribution is 7.09. The first kappa shape index (κ1) is 24.6. The number of likely N-dealkylation sites (tertiary alicyclic amines) is 1. The fourth-order valence-electron chi connectivity index (χ4n) is 5.45. The molecule has 3 N–H and O–H groups in total. The van der Waals surface area contributed by atoms with E-state index in [0.717, 1.165) is 32.5 Å². The van der Waals surface area contributed by atoms with E-state index in [2.05, 4.69) is 43.5 Å². The van der Waals surface area contributed by atoms with Crippen LogP contribution < -0.4 is 10.9 Å². The average Bonchev–Trinajstić information content (AvgIpc) is 3.69. The van der Waals surface area contributed by atoms with Gasteiger partial charge in [0.1, 0.15) is 11.4 Å². The summed E-state index contributed by atoms with van der Waals surface area (Å²) >= 11 is 1.70. The van der Waals surface area contributed by atoms with Crippen molar-refractivity contribution in [2.45, 2.75) is 38.6 Å². The van der Waals surface area contributed by atoms with Gasteiger partial charge in [-0.25, -0.2) is 4.98 Å². The van der Waals surface area contributed by atoms with E-state index in [1.807, 2.05) is 12.1 Å². The fourth-order valence-corrected chi connectivity index (χ4v) is 6.29. The van der Waals surface area contributed by atoms with Crippen molar-refractivity contribution in [1.82, 2.24) is 24.8 Å². The summed E-state index contributed by atoms with van der Waals surface area (Å²) in [7, 11) is 0. The molecule has 0 aliphatic carbocycles. The number of imidazole rings is 1. The van der Waals surface area contributed by atoms with Crippen molar-refractivity contribution >= 4 is 39.9 Å². The number of amides is 2. The number of thiophene rings is 1. The maximum absolute atomic E-state index is 13.1. The van der Waals surface area contributed by atoms with Crippen LogP contribution in [0.4, 0.5) is 5.69 Å². The number of hydrogen-bond donors (Lipinski definition) is 3. The lowest BCUT2D eigenvalue weighted by molar-refractivity contribution is 0.0648.